The Morgan fingerprint density at radius 2 is 2.04 bits per heavy atom. The van der Waals surface area contributed by atoms with Crippen LogP contribution < -0.4 is 10.1 Å². The van der Waals surface area contributed by atoms with Gasteiger partial charge in [0.1, 0.15) is 5.75 Å². The third-order valence-corrected chi connectivity index (χ3v) is 5.93. The molecule has 8 heteroatoms. The summed E-state index contributed by atoms with van der Waals surface area (Å²) in [6.45, 7) is 2.58. The van der Waals surface area contributed by atoms with Crippen LogP contribution in [0.1, 0.15) is 11.1 Å². The van der Waals surface area contributed by atoms with Gasteiger partial charge in [0.2, 0.25) is 11.0 Å². The van der Waals surface area contributed by atoms with Gasteiger partial charge in [-0.05, 0) is 42.3 Å². The van der Waals surface area contributed by atoms with Crippen LogP contribution in [0.4, 0.5) is 10.8 Å². The molecule has 3 aromatic rings. The van der Waals surface area contributed by atoms with Gasteiger partial charge in [-0.1, -0.05) is 47.4 Å². The van der Waals surface area contributed by atoms with Crippen molar-refractivity contribution in [3.63, 3.8) is 0 Å². The highest BCUT2D eigenvalue weighted by Crippen LogP contribution is 2.28. The molecule has 0 aliphatic carbocycles. The number of rotatable bonds is 8. The van der Waals surface area contributed by atoms with Crippen molar-refractivity contribution < 1.29 is 9.53 Å². The number of carbonyl (C=O) groups excluding carboxylic acids is 1. The van der Waals surface area contributed by atoms with Crippen LogP contribution in [0.3, 0.4) is 0 Å². The molecule has 0 unspecified atom stereocenters. The van der Waals surface area contributed by atoms with E-state index in [1.807, 2.05) is 55.5 Å². The van der Waals surface area contributed by atoms with Gasteiger partial charge >= 0.3 is 0 Å². The normalized spacial score (nSPS) is 10.5. The predicted molar refractivity (Wildman–Crippen MR) is 115 cm³/mol. The van der Waals surface area contributed by atoms with Gasteiger partial charge in [0.25, 0.3) is 0 Å². The number of aromatic nitrogens is 2. The van der Waals surface area contributed by atoms with Crippen LogP contribution in [0, 0.1) is 6.92 Å². The molecular weight excluding hydrogens is 392 g/mol. The third kappa shape index (κ3) is 5.71. The third-order valence-electron chi connectivity index (χ3n) is 3.97. The fourth-order valence-corrected chi connectivity index (χ4v) is 4.24. The number of nitrogens with zero attached hydrogens (tertiary/aromatic N) is 3. The Kier molecular flexibility index (Phi) is 6.89. The number of carbonyl (C=O) groups is 1. The number of benzene rings is 2. The molecule has 0 spiro atoms. The van der Waals surface area contributed by atoms with Crippen LogP contribution >= 0.6 is 23.1 Å². The number of hydrogen-bond donors (Lipinski definition) is 1. The second-order valence-electron chi connectivity index (χ2n) is 6.26. The summed E-state index contributed by atoms with van der Waals surface area (Å²) < 4.78 is 5.99. The van der Waals surface area contributed by atoms with Crippen molar-refractivity contribution in [3.8, 4) is 5.75 Å². The second kappa shape index (κ2) is 9.57. The molecule has 0 aliphatic heterocycles. The molecular formula is C20H22N4O2S2. The minimum Gasteiger partial charge on any atom is -0.497 e. The molecule has 1 N–H and O–H groups in total. The van der Waals surface area contributed by atoms with Crippen LogP contribution in [-0.4, -0.2) is 40.9 Å². The Hall–Kier alpha value is -2.58. The summed E-state index contributed by atoms with van der Waals surface area (Å²) in [5.41, 5.74) is 3.18. The fourth-order valence-electron chi connectivity index (χ4n) is 2.53. The van der Waals surface area contributed by atoms with E-state index in [2.05, 4.69) is 15.5 Å². The molecule has 1 amide bonds. The quantitative estimate of drug-likeness (QED) is 0.553. The van der Waals surface area contributed by atoms with E-state index in [4.69, 9.17) is 4.74 Å². The number of methoxy groups -OCH3 is 1. The Morgan fingerprint density at radius 1 is 1.21 bits per heavy atom. The molecule has 28 heavy (non-hydrogen) atoms. The Labute approximate surface area is 172 Å². The molecule has 0 fully saturated rings. The van der Waals surface area contributed by atoms with Crippen molar-refractivity contribution in [2.75, 3.05) is 25.2 Å². The average Bonchev–Trinajstić information content (AvgIpc) is 3.13. The molecule has 1 heterocycles. The summed E-state index contributed by atoms with van der Waals surface area (Å²) in [7, 11) is 3.43. The zero-order valence-electron chi connectivity index (χ0n) is 16.0. The summed E-state index contributed by atoms with van der Waals surface area (Å²) in [5.74, 6) is 1.14. The maximum Gasteiger partial charge on any atom is 0.233 e. The van der Waals surface area contributed by atoms with Crippen molar-refractivity contribution in [2.45, 2.75) is 17.8 Å². The minimum absolute atomic E-state index is 0.0382. The van der Waals surface area contributed by atoms with Crippen molar-refractivity contribution in [3.05, 3.63) is 59.7 Å². The molecule has 2 aromatic carbocycles. The highest BCUT2D eigenvalue weighted by atomic mass is 32.2. The zero-order valence-corrected chi connectivity index (χ0v) is 17.6. The fraction of sp³-hybridized carbons (Fsp3) is 0.250. The molecule has 0 saturated heterocycles. The van der Waals surface area contributed by atoms with E-state index in [-0.39, 0.29) is 5.91 Å². The maximum absolute atomic E-state index is 12.4. The first kappa shape index (κ1) is 20.2. The van der Waals surface area contributed by atoms with Crippen LogP contribution in [0.2, 0.25) is 0 Å². The molecule has 0 bridgehead atoms. The topological polar surface area (TPSA) is 67.3 Å². The minimum atomic E-state index is 0.0382. The van der Waals surface area contributed by atoms with Crippen LogP contribution in [0.15, 0.2) is 52.9 Å². The van der Waals surface area contributed by atoms with Gasteiger partial charge in [0, 0.05) is 19.3 Å². The van der Waals surface area contributed by atoms with Crippen LogP contribution in [0.5, 0.6) is 5.75 Å². The lowest BCUT2D eigenvalue weighted by Crippen LogP contribution is -2.27. The number of hydrogen-bond acceptors (Lipinski definition) is 7. The smallest absolute Gasteiger partial charge is 0.233 e. The number of amides is 1. The van der Waals surface area contributed by atoms with Crippen molar-refractivity contribution in [2.24, 2.45) is 0 Å². The Bertz CT molecular complexity index is 945. The maximum atomic E-state index is 12.4. The highest BCUT2D eigenvalue weighted by molar-refractivity contribution is 8.01. The van der Waals surface area contributed by atoms with E-state index in [9.17, 15) is 4.79 Å². The average molecular weight is 415 g/mol. The summed E-state index contributed by atoms with van der Waals surface area (Å²) in [4.78, 5) is 14.1. The van der Waals surface area contributed by atoms with E-state index in [0.717, 1.165) is 21.3 Å². The first-order chi connectivity index (χ1) is 13.5. The Morgan fingerprint density at radius 3 is 2.82 bits per heavy atom. The number of ether oxygens (including phenoxy) is 1. The predicted octanol–water partition coefficient (Wildman–Crippen LogP) is 4.35. The molecule has 0 aliphatic rings. The molecule has 0 radical (unpaired) electrons. The summed E-state index contributed by atoms with van der Waals surface area (Å²) in [5, 5.41) is 12.3. The lowest BCUT2D eigenvalue weighted by molar-refractivity contribution is -0.127. The monoisotopic (exact) mass is 414 g/mol. The van der Waals surface area contributed by atoms with E-state index >= 15 is 0 Å². The van der Waals surface area contributed by atoms with Crippen LogP contribution in [0.25, 0.3) is 0 Å². The first-order valence-corrected chi connectivity index (χ1v) is 10.5. The Balaban J connectivity index is 1.50. The van der Waals surface area contributed by atoms with Crippen molar-refractivity contribution >= 4 is 39.8 Å². The van der Waals surface area contributed by atoms with Gasteiger partial charge < -0.3 is 15.0 Å². The first-order valence-electron chi connectivity index (χ1n) is 8.70. The molecule has 0 saturated carbocycles. The van der Waals surface area contributed by atoms with Gasteiger partial charge in [-0.25, -0.2) is 0 Å². The van der Waals surface area contributed by atoms with Gasteiger partial charge in [0.15, 0.2) is 4.34 Å². The number of anilines is 2. The molecule has 6 nitrogen and oxygen atoms in total. The number of aryl methyl sites for hydroxylation is 1. The van der Waals surface area contributed by atoms with Crippen LogP contribution in [-0.2, 0) is 11.3 Å². The molecule has 0 atom stereocenters. The van der Waals surface area contributed by atoms with E-state index in [1.165, 1.54) is 28.7 Å². The number of nitrogens with one attached hydrogen (secondary N) is 1. The summed E-state index contributed by atoms with van der Waals surface area (Å²) in [6.07, 6.45) is 0. The van der Waals surface area contributed by atoms with Gasteiger partial charge in [-0.2, -0.15) is 0 Å². The molecule has 3 rings (SSSR count). The lowest BCUT2D eigenvalue weighted by atomic mass is 10.2. The standard InChI is InChI=1S/C20H22N4O2S2/c1-14-6-4-8-16(10-14)21-19-22-23-20(28-19)27-13-18(25)24(2)12-15-7-5-9-17(11-15)26-3/h4-11H,12-13H2,1-3H3,(H,21,22). The van der Waals surface area contributed by atoms with Crippen molar-refractivity contribution in [1.29, 1.82) is 0 Å². The SMILES string of the molecule is COc1cccc(CN(C)C(=O)CSc2nnc(Nc3cccc(C)c3)s2)c1. The molecule has 1 aromatic heterocycles. The summed E-state index contributed by atoms with van der Waals surface area (Å²) in [6, 6.07) is 15.8. The number of thioether (sulfide) groups is 1. The van der Waals surface area contributed by atoms with Gasteiger partial charge in [-0.3, -0.25) is 4.79 Å². The zero-order chi connectivity index (χ0) is 19.9. The van der Waals surface area contributed by atoms with Gasteiger partial charge in [0.05, 0.1) is 12.9 Å². The second-order valence-corrected chi connectivity index (χ2v) is 8.46. The summed E-state index contributed by atoms with van der Waals surface area (Å²) >= 11 is 2.84. The van der Waals surface area contributed by atoms with Crippen molar-refractivity contribution in [1.82, 2.24) is 15.1 Å². The van der Waals surface area contributed by atoms with E-state index in [0.29, 0.717) is 17.4 Å². The highest BCUT2D eigenvalue weighted by Gasteiger charge is 2.13. The molecule has 146 valence electrons. The lowest BCUT2D eigenvalue weighted by Gasteiger charge is -2.17. The van der Waals surface area contributed by atoms with Gasteiger partial charge in [-0.15, -0.1) is 10.2 Å². The van der Waals surface area contributed by atoms with E-state index < -0.39 is 0 Å². The largest absolute Gasteiger partial charge is 0.497 e. The van der Waals surface area contributed by atoms with E-state index in [1.54, 1.807) is 19.1 Å².